The van der Waals surface area contributed by atoms with Crippen molar-refractivity contribution in [2.75, 3.05) is 26.6 Å². The summed E-state index contributed by atoms with van der Waals surface area (Å²) in [6.45, 7) is 0. The second kappa shape index (κ2) is 8.79. The van der Waals surface area contributed by atoms with Gasteiger partial charge in [0.1, 0.15) is 5.75 Å². The standard InChI is InChI=1S/C24H29N3O3/c1-28-18-10-4-15(5-11-18)20-13-21(26-17-8-6-16(25)7-9-17)19-12-23(29-2)24(30-3)14-22(19)27-20/h4-5,10-14,16-17H,6-9,25H2,1-3H3,(H,26,27). The molecule has 1 aromatic heterocycles. The number of nitrogens with zero attached hydrogens (tertiary/aromatic N) is 1. The Morgan fingerprint density at radius 2 is 1.53 bits per heavy atom. The van der Waals surface area contributed by atoms with E-state index in [1.165, 1.54) is 0 Å². The number of anilines is 1. The number of hydrogen-bond acceptors (Lipinski definition) is 6. The summed E-state index contributed by atoms with van der Waals surface area (Å²) in [6, 6.07) is 14.7. The van der Waals surface area contributed by atoms with E-state index in [4.69, 9.17) is 24.9 Å². The molecule has 2 aromatic carbocycles. The summed E-state index contributed by atoms with van der Waals surface area (Å²) in [6.07, 6.45) is 4.22. The van der Waals surface area contributed by atoms with Gasteiger partial charge < -0.3 is 25.3 Å². The third-order valence-corrected chi connectivity index (χ3v) is 5.83. The van der Waals surface area contributed by atoms with Gasteiger partial charge in [0.2, 0.25) is 0 Å². The van der Waals surface area contributed by atoms with E-state index in [0.29, 0.717) is 23.6 Å². The van der Waals surface area contributed by atoms with Crippen molar-refractivity contribution in [2.24, 2.45) is 5.73 Å². The highest BCUT2D eigenvalue weighted by molar-refractivity contribution is 5.96. The van der Waals surface area contributed by atoms with Crippen molar-refractivity contribution >= 4 is 16.6 Å². The minimum atomic E-state index is 0.316. The minimum absolute atomic E-state index is 0.316. The van der Waals surface area contributed by atoms with Crippen molar-refractivity contribution in [1.29, 1.82) is 0 Å². The lowest BCUT2D eigenvalue weighted by molar-refractivity contribution is 0.356. The predicted octanol–water partition coefficient (Wildman–Crippen LogP) is 4.61. The zero-order valence-electron chi connectivity index (χ0n) is 17.8. The van der Waals surface area contributed by atoms with Crippen molar-refractivity contribution in [2.45, 2.75) is 37.8 Å². The minimum Gasteiger partial charge on any atom is -0.497 e. The molecule has 1 aliphatic carbocycles. The summed E-state index contributed by atoms with van der Waals surface area (Å²) in [5.41, 5.74) is 9.93. The normalized spacial score (nSPS) is 18.8. The quantitative estimate of drug-likeness (QED) is 0.621. The number of methoxy groups -OCH3 is 3. The average molecular weight is 408 g/mol. The third-order valence-electron chi connectivity index (χ3n) is 5.83. The predicted molar refractivity (Wildman–Crippen MR) is 121 cm³/mol. The molecule has 6 heteroatoms. The topological polar surface area (TPSA) is 78.6 Å². The Balaban J connectivity index is 1.80. The Morgan fingerprint density at radius 3 is 2.17 bits per heavy atom. The number of ether oxygens (including phenoxy) is 3. The van der Waals surface area contributed by atoms with Crippen LogP contribution in [0, 0.1) is 0 Å². The monoisotopic (exact) mass is 407 g/mol. The van der Waals surface area contributed by atoms with E-state index >= 15 is 0 Å². The molecular formula is C24H29N3O3. The van der Waals surface area contributed by atoms with Crippen LogP contribution in [-0.2, 0) is 0 Å². The van der Waals surface area contributed by atoms with Crippen LogP contribution >= 0.6 is 0 Å². The van der Waals surface area contributed by atoms with Crippen LogP contribution in [0.3, 0.4) is 0 Å². The molecule has 158 valence electrons. The highest BCUT2D eigenvalue weighted by Crippen LogP contribution is 2.37. The summed E-state index contributed by atoms with van der Waals surface area (Å²) >= 11 is 0. The van der Waals surface area contributed by atoms with Crippen LogP contribution in [0.5, 0.6) is 17.2 Å². The first-order chi connectivity index (χ1) is 14.6. The first-order valence-electron chi connectivity index (χ1n) is 10.3. The van der Waals surface area contributed by atoms with Crippen molar-refractivity contribution in [3.63, 3.8) is 0 Å². The van der Waals surface area contributed by atoms with Crippen molar-refractivity contribution < 1.29 is 14.2 Å². The third kappa shape index (κ3) is 4.14. The van der Waals surface area contributed by atoms with Crippen molar-refractivity contribution in [1.82, 2.24) is 4.98 Å². The van der Waals surface area contributed by atoms with E-state index < -0.39 is 0 Å². The van der Waals surface area contributed by atoms with Crippen molar-refractivity contribution in [3.8, 4) is 28.5 Å². The Hall–Kier alpha value is -2.99. The van der Waals surface area contributed by atoms with Crippen LogP contribution in [0.25, 0.3) is 22.2 Å². The molecule has 0 radical (unpaired) electrons. The van der Waals surface area contributed by atoms with Gasteiger partial charge in [-0.2, -0.15) is 0 Å². The summed E-state index contributed by atoms with van der Waals surface area (Å²) in [4.78, 5) is 4.91. The highest BCUT2D eigenvalue weighted by Gasteiger charge is 2.20. The second-order valence-corrected chi connectivity index (χ2v) is 7.76. The Kier molecular flexibility index (Phi) is 5.95. The van der Waals surface area contributed by atoms with E-state index in [-0.39, 0.29) is 0 Å². The lowest BCUT2D eigenvalue weighted by atomic mass is 9.91. The lowest BCUT2D eigenvalue weighted by Crippen LogP contribution is -2.32. The van der Waals surface area contributed by atoms with Gasteiger partial charge in [-0.05, 0) is 62.1 Å². The van der Waals surface area contributed by atoms with Gasteiger partial charge in [-0.1, -0.05) is 0 Å². The van der Waals surface area contributed by atoms with Gasteiger partial charge in [0.25, 0.3) is 0 Å². The molecule has 0 bridgehead atoms. The SMILES string of the molecule is COc1ccc(-c2cc(NC3CCC(N)CC3)c3cc(OC)c(OC)cc3n2)cc1. The second-order valence-electron chi connectivity index (χ2n) is 7.76. The first kappa shape index (κ1) is 20.3. The lowest BCUT2D eigenvalue weighted by Gasteiger charge is -2.28. The fourth-order valence-electron chi connectivity index (χ4n) is 4.07. The fourth-order valence-corrected chi connectivity index (χ4v) is 4.07. The number of nitrogens with one attached hydrogen (secondary N) is 1. The van der Waals surface area contributed by atoms with Gasteiger partial charge in [-0.15, -0.1) is 0 Å². The maximum atomic E-state index is 6.10. The fraction of sp³-hybridized carbons (Fsp3) is 0.375. The maximum absolute atomic E-state index is 6.10. The van der Waals surface area contributed by atoms with E-state index in [1.54, 1.807) is 21.3 Å². The number of aromatic nitrogens is 1. The maximum Gasteiger partial charge on any atom is 0.162 e. The van der Waals surface area contributed by atoms with Crippen LogP contribution in [0.1, 0.15) is 25.7 Å². The molecular weight excluding hydrogens is 378 g/mol. The highest BCUT2D eigenvalue weighted by atomic mass is 16.5. The van der Waals surface area contributed by atoms with Crippen LogP contribution in [0.4, 0.5) is 5.69 Å². The Morgan fingerprint density at radius 1 is 0.867 bits per heavy atom. The molecule has 1 heterocycles. The molecule has 3 N–H and O–H groups in total. The zero-order chi connectivity index (χ0) is 21.1. The van der Waals surface area contributed by atoms with Crippen LogP contribution < -0.4 is 25.3 Å². The summed E-state index contributed by atoms with van der Waals surface area (Å²) < 4.78 is 16.3. The number of nitrogens with two attached hydrogens (primary N) is 1. The summed E-state index contributed by atoms with van der Waals surface area (Å²) in [7, 11) is 4.96. The number of rotatable bonds is 6. The van der Waals surface area contributed by atoms with Crippen LogP contribution in [0.15, 0.2) is 42.5 Å². The smallest absolute Gasteiger partial charge is 0.162 e. The average Bonchev–Trinajstić information content (AvgIpc) is 2.79. The van der Waals surface area contributed by atoms with Gasteiger partial charge in [-0.3, -0.25) is 0 Å². The molecule has 1 aliphatic rings. The van der Waals surface area contributed by atoms with E-state index in [2.05, 4.69) is 11.4 Å². The number of fused-ring (bicyclic) bond motifs is 1. The summed E-state index contributed by atoms with van der Waals surface area (Å²) in [5, 5.41) is 4.76. The number of hydrogen-bond donors (Lipinski definition) is 2. The molecule has 6 nitrogen and oxygen atoms in total. The molecule has 0 atom stereocenters. The molecule has 0 unspecified atom stereocenters. The van der Waals surface area contributed by atoms with Gasteiger partial charge in [0.15, 0.2) is 11.5 Å². The Bertz CT molecular complexity index is 1010. The molecule has 1 fully saturated rings. The van der Waals surface area contributed by atoms with Crippen LogP contribution in [-0.4, -0.2) is 38.4 Å². The number of benzene rings is 2. The number of pyridine rings is 1. The molecule has 3 aromatic rings. The van der Waals surface area contributed by atoms with E-state index in [1.807, 2.05) is 36.4 Å². The van der Waals surface area contributed by atoms with Gasteiger partial charge >= 0.3 is 0 Å². The van der Waals surface area contributed by atoms with Crippen molar-refractivity contribution in [3.05, 3.63) is 42.5 Å². The summed E-state index contributed by atoms with van der Waals surface area (Å²) in [5.74, 6) is 2.18. The van der Waals surface area contributed by atoms with Crippen LogP contribution in [0.2, 0.25) is 0 Å². The largest absolute Gasteiger partial charge is 0.497 e. The Labute approximate surface area is 177 Å². The first-order valence-corrected chi connectivity index (χ1v) is 10.3. The van der Waals surface area contributed by atoms with Gasteiger partial charge in [-0.25, -0.2) is 4.98 Å². The molecule has 0 aliphatic heterocycles. The van der Waals surface area contributed by atoms with Gasteiger partial charge in [0.05, 0.1) is 32.5 Å². The molecule has 0 spiro atoms. The van der Waals surface area contributed by atoms with E-state index in [9.17, 15) is 0 Å². The van der Waals surface area contributed by atoms with Gasteiger partial charge in [0, 0.05) is 34.8 Å². The molecule has 0 amide bonds. The van der Waals surface area contributed by atoms with E-state index in [0.717, 1.165) is 59.3 Å². The molecule has 30 heavy (non-hydrogen) atoms. The molecule has 4 rings (SSSR count). The molecule has 0 saturated heterocycles. The molecule has 1 saturated carbocycles. The zero-order valence-corrected chi connectivity index (χ0v) is 17.8.